The van der Waals surface area contributed by atoms with Crippen LogP contribution < -0.4 is 5.73 Å². The van der Waals surface area contributed by atoms with Crippen LogP contribution >= 0.6 is 0 Å². The van der Waals surface area contributed by atoms with Crippen LogP contribution in [0.25, 0.3) is 11.1 Å². The number of nitrogens with two attached hydrogens (primary N) is 1. The van der Waals surface area contributed by atoms with E-state index in [1.807, 2.05) is 19.9 Å². The summed E-state index contributed by atoms with van der Waals surface area (Å²) in [5.74, 6) is 0. The van der Waals surface area contributed by atoms with Gasteiger partial charge in [0.2, 0.25) is 0 Å². The van der Waals surface area contributed by atoms with Crippen molar-refractivity contribution in [3.8, 4) is 0 Å². The number of pyridine rings is 1. The minimum absolute atomic E-state index is 0.669. The Balaban J connectivity index is 3.35. The Morgan fingerprint density at radius 3 is 2.38 bits per heavy atom. The molecule has 0 aliphatic carbocycles. The van der Waals surface area contributed by atoms with E-state index in [0.717, 1.165) is 22.4 Å². The van der Waals surface area contributed by atoms with Crippen LogP contribution in [0, 0.1) is 0 Å². The molecule has 1 heterocycles. The second kappa shape index (κ2) is 3.44. The summed E-state index contributed by atoms with van der Waals surface area (Å²) >= 11 is 0. The molecule has 0 atom stereocenters. The number of anilines is 1. The third-order valence-electron chi connectivity index (χ3n) is 1.85. The van der Waals surface area contributed by atoms with Gasteiger partial charge in [0.25, 0.3) is 0 Å². The molecule has 0 fully saturated rings. The van der Waals surface area contributed by atoms with E-state index in [0.29, 0.717) is 5.69 Å². The Morgan fingerprint density at radius 2 is 1.92 bits per heavy atom. The zero-order valence-corrected chi connectivity index (χ0v) is 8.09. The highest BCUT2D eigenvalue weighted by Gasteiger charge is 2.06. The number of aromatic nitrogens is 1. The second-order valence-electron chi connectivity index (χ2n) is 3.18. The van der Waals surface area contributed by atoms with E-state index in [1.54, 1.807) is 6.20 Å². The number of hydrogen-bond acceptors (Lipinski definition) is 2. The van der Waals surface area contributed by atoms with Gasteiger partial charge in [-0.3, -0.25) is 4.98 Å². The Labute approximate surface area is 78.8 Å². The summed E-state index contributed by atoms with van der Waals surface area (Å²) in [5, 5.41) is 0. The highest BCUT2D eigenvalue weighted by molar-refractivity contribution is 5.80. The molecule has 2 N–H and O–H groups in total. The Kier molecular flexibility index (Phi) is 2.52. The molecule has 0 aliphatic rings. The monoisotopic (exact) mass is 174 g/mol. The van der Waals surface area contributed by atoms with Crippen LogP contribution in [0.1, 0.15) is 25.1 Å². The summed E-state index contributed by atoms with van der Waals surface area (Å²) in [4.78, 5) is 4.16. The summed E-state index contributed by atoms with van der Waals surface area (Å²) in [7, 11) is 0. The average Bonchev–Trinajstić information content (AvgIpc) is 2.03. The van der Waals surface area contributed by atoms with Gasteiger partial charge in [0.1, 0.15) is 0 Å². The third-order valence-corrected chi connectivity index (χ3v) is 1.85. The highest BCUT2D eigenvalue weighted by Crippen LogP contribution is 2.25. The van der Waals surface area contributed by atoms with Crippen molar-refractivity contribution < 1.29 is 0 Å². The summed E-state index contributed by atoms with van der Waals surface area (Å²) in [6.45, 7) is 11.5. The predicted molar refractivity (Wildman–Crippen MR) is 58.1 cm³/mol. The van der Waals surface area contributed by atoms with Crippen molar-refractivity contribution in [2.24, 2.45) is 0 Å². The fourth-order valence-corrected chi connectivity index (χ4v) is 1.19. The van der Waals surface area contributed by atoms with Gasteiger partial charge in [0.05, 0.1) is 11.4 Å². The lowest BCUT2D eigenvalue weighted by Crippen LogP contribution is -1.99. The van der Waals surface area contributed by atoms with E-state index < -0.39 is 0 Å². The van der Waals surface area contributed by atoms with E-state index in [-0.39, 0.29) is 0 Å². The van der Waals surface area contributed by atoms with Crippen molar-refractivity contribution in [3.63, 3.8) is 0 Å². The van der Waals surface area contributed by atoms with Crippen LogP contribution in [0.2, 0.25) is 0 Å². The molecular formula is C11H14N2. The van der Waals surface area contributed by atoms with Crippen molar-refractivity contribution in [1.29, 1.82) is 0 Å². The van der Waals surface area contributed by atoms with E-state index >= 15 is 0 Å². The molecule has 2 nitrogen and oxygen atoms in total. The third kappa shape index (κ3) is 1.78. The molecule has 0 saturated carbocycles. The first kappa shape index (κ1) is 9.52. The fraction of sp³-hybridized carbons (Fsp3) is 0.182. The molecule has 0 aromatic carbocycles. The van der Waals surface area contributed by atoms with Crippen LogP contribution in [0.3, 0.4) is 0 Å². The molecule has 0 bridgehead atoms. The molecule has 0 amide bonds. The normalized spacial score (nSPS) is 9.69. The maximum absolute atomic E-state index is 5.90. The molecule has 0 saturated heterocycles. The second-order valence-corrected chi connectivity index (χ2v) is 3.18. The summed E-state index contributed by atoms with van der Waals surface area (Å²) in [6, 6.07) is 1.87. The van der Waals surface area contributed by atoms with Gasteiger partial charge in [-0.15, -0.1) is 0 Å². The molecular weight excluding hydrogens is 160 g/mol. The number of nitrogen functional groups attached to an aromatic ring is 1. The van der Waals surface area contributed by atoms with Crippen LogP contribution in [0.15, 0.2) is 25.4 Å². The minimum atomic E-state index is 0.669. The number of rotatable bonds is 2. The van der Waals surface area contributed by atoms with Crippen molar-refractivity contribution in [3.05, 3.63) is 36.7 Å². The van der Waals surface area contributed by atoms with Gasteiger partial charge in [0.15, 0.2) is 0 Å². The summed E-state index contributed by atoms with van der Waals surface area (Å²) in [6.07, 6.45) is 1.73. The maximum Gasteiger partial charge on any atom is 0.0888 e. The lowest BCUT2D eigenvalue weighted by molar-refractivity contribution is 1.26. The van der Waals surface area contributed by atoms with Gasteiger partial charge in [-0.05, 0) is 31.1 Å². The number of hydrogen-bond donors (Lipinski definition) is 1. The maximum atomic E-state index is 5.90. The summed E-state index contributed by atoms with van der Waals surface area (Å²) in [5.41, 5.74) is 10.1. The molecule has 68 valence electrons. The Bertz CT molecular complexity index is 332. The lowest BCUT2D eigenvalue weighted by atomic mass is 10.0. The lowest BCUT2D eigenvalue weighted by Gasteiger charge is -2.08. The zero-order chi connectivity index (χ0) is 10.0. The topological polar surface area (TPSA) is 38.9 Å². The summed E-state index contributed by atoms with van der Waals surface area (Å²) < 4.78 is 0. The van der Waals surface area contributed by atoms with Gasteiger partial charge in [-0.25, -0.2) is 0 Å². The molecule has 1 aromatic heterocycles. The molecule has 0 radical (unpaired) electrons. The molecule has 0 spiro atoms. The van der Waals surface area contributed by atoms with E-state index in [1.165, 1.54) is 0 Å². The van der Waals surface area contributed by atoms with E-state index in [9.17, 15) is 0 Å². The Hall–Kier alpha value is -1.57. The zero-order valence-electron chi connectivity index (χ0n) is 8.09. The van der Waals surface area contributed by atoms with Gasteiger partial charge < -0.3 is 5.73 Å². The molecule has 1 rings (SSSR count). The number of nitrogens with zero attached hydrogens (tertiary/aromatic N) is 1. The molecule has 0 unspecified atom stereocenters. The molecule has 2 heteroatoms. The fourth-order valence-electron chi connectivity index (χ4n) is 1.19. The van der Waals surface area contributed by atoms with Gasteiger partial charge in [0, 0.05) is 11.8 Å². The van der Waals surface area contributed by atoms with Crippen LogP contribution in [0.5, 0.6) is 0 Å². The smallest absolute Gasteiger partial charge is 0.0888 e. The van der Waals surface area contributed by atoms with Crippen LogP contribution in [-0.4, -0.2) is 4.98 Å². The highest BCUT2D eigenvalue weighted by atomic mass is 14.7. The SMILES string of the molecule is C=C(C)c1ccnc(C(=C)C)c1N. The van der Waals surface area contributed by atoms with Gasteiger partial charge in [-0.1, -0.05) is 13.2 Å². The van der Waals surface area contributed by atoms with E-state index in [2.05, 4.69) is 18.1 Å². The first-order valence-corrected chi connectivity index (χ1v) is 4.10. The van der Waals surface area contributed by atoms with Crippen molar-refractivity contribution in [1.82, 2.24) is 4.98 Å². The van der Waals surface area contributed by atoms with Gasteiger partial charge >= 0.3 is 0 Å². The van der Waals surface area contributed by atoms with Crippen molar-refractivity contribution in [2.75, 3.05) is 5.73 Å². The van der Waals surface area contributed by atoms with E-state index in [4.69, 9.17) is 5.73 Å². The van der Waals surface area contributed by atoms with Crippen LogP contribution in [-0.2, 0) is 0 Å². The van der Waals surface area contributed by atoms with Gasteiger partial charge in [-0.2, -0.15) is 0 Å². The molecule has 1 aromatic rings. The van der Waals surface area contributed by atoms with Crippen molar-refractivity contribution >= 4 is 16.8 Å². The first-order valence-electron chi connectivity index (χ1n) is 4.10. The predicted octanol–water partition coefficient (Wildman–Crippen LogP) is 2.73. The molecule has 0 aliphatic heterocycles. The van der Waals surface area contributed by atoms with Crippen LogP contribution in [0.4, 0.5) is 5.69 Å². The largest absolute Gasteiger partial charge is 0.396 e. The molecule has 13 heavy (non-hydrogen) atoms. The first-order chi connectivity index (χ1) is 6.04. The minimum Gasteiger partial charge on any atom is -0.396 e. The quantitative estimate of drug-likeness (QED) is 0.748. The standard InChI is InChI=1S/C11H14N2/c1-7(2)9-5-6-13-11(8(3)4)10(9)12/h5-6H,1,3,12H2,2,4H3. The number of allylic oxidation sites excluding steroid dienone is 2. The van der Waals surface area contributed by atoms with Crippen molar-refractivity contribution in [2.45, 2.75) is 13.8 Å². The Morgan fingerprint density at radius 1 is 1.31 bits per heavy atom. The average molecular weight is 174 g/mol.